The molecule has 0 bridgehead atoms. The largest absolute Gasteiger partial charge is 0.481 e. The van der Waals surface area contributed by atoms with Crippen LogP contribution in [0.25, 0.3) is 0 Å². The van der Waals surface area contributed by atoms with Crippen LogP contribution < -0.4 is 0 Å². The highest BCUT2D eigenvalue weighted by Gasteiger charge is 2.07. The van der Waals surface area contributed by atoms with Crippen molar-refractivity contribution in [1.29, 1.82) is 0 Å². The fourth-order valence-corrected chi connectivity index (χ4v) is 0.892. The molecule has 0 fully saturated rings. The summed E-state index contributed by atoms with van der Waals surface area (Å²) < 4.78 is 1.91. The molecule has 0 radical (unpaired) electrons. The van der Waals surface area contributed by atoms with E-state index in [1.807, 2.05) is 10.2 Å². The number of carboxylic acid groups (broad SMARTS) is 1. The van der Waals surface area contributed by atoms with Crippen LogP contribution in [0.3, 0.4) is 0 Å². The molecule has 3 heteroatoms. The van der Waals surface area contributed by atoms with E-state index in [1.54, 1.807) is 6.92 Å². The first-order valence-corrected chi connectivity index (χ1v) is 4.41. The van der Waals surface area contributed by atoms with Crippen molar-refractivity contribution in [3.8, 4) is 0 Å². The Morgan fingerprint density at radius 3 is 2.80 bits per heavy atom. The molecule has 0 heterocycles. The number of hydrogen-bond acceptors (Lipinski definition) is 1. The van der Waals surface area contributed by atoms with E-state index in [0.29, 0.717) is 0 Å². The molecule has 1 N–H and O–H groups in total. The predicted molar refractivity (Wildman–Crippen MR) is 49.2 cm³/mol. The van der Waals surface area contributed by atoms with Gasteiger partial charge in [-0.2, -0.15) is 0 Å². The first kappa shape index (κ1) is 9.94. The second-order valence-corrected chi connectivity index (χ2v) is 2.90. The Morgan fingerprint density at radius 2 is 2.40 bits per heavy atom. The molecule has 0 aliphatic rings. The van der Waals surface area contributed by atoms with E-state index in [1.165, 1.54) is 0 Å². The molecule has 58 valence electrons. The summed E-state index contributed by atoms with van der Waals surface area (Å²) in [7, 11) is 0. The van der Waals surface area contributed by atoms with Gasteiger partial charge >= 0.3 is 5.97 Å². The molecule has 0 saturated carbocycles. The van der Waals surface area contributed by atoms with Crippen LogP contribution in [-0.2, 0) is 4.79 Å². The van der Waals surface area contributed by atoms with E-state index in [-0.39, 0.29) is 5.92 Å². The van der Waals surface area contributed by atoms with Crippen molar-refractivity contribution in [3.05, 3.63) is 10.2 Å². The standard InChI is InChI=1S/C7H11IO2/c1-6(7(9)10)4-2-3-5-8/h3,5-6H,2,4H2,1H3,(H,9,10)/b5-3+/t6-/m1/s1. The van der Waals surface area contributed by atoms with E-state index >= 15 is 0 Å². The van der Waals surface area contributed by atoms with Gasteiger partial charge in [-0.1, -0.05) is 35.6 Å². The Balaban J connectivity index is 3.39. The number of aliphatic carboxylic acids is 1. The van der Waals surface area contributed by atoms with E-state index < -0.39 is 5.97 Å². The zero-order valence-electron chi connectivity index (χ0n) is 5.88. The third-order valence-electron chi connectivity index (χ3n) is 1.28. The molecule has 0 amide bonds. The lowest BCUT2D eigenvalue weighted by Crippen LogP contribution is -2.08. The maximum absolute atomic E-state index is 10.3. The summed E-state index contributed by atoms with van der Waals surface area (Å²) in [6, 6.07) is 0. The van der Waals surface area contributed by atoms with Gasteiger partial charge in [0, 0.05) is 0 Å². The first-order valence-electron chi connectivity index (χ1n) is 3.16. The average molecular weight is 254 g/mol. The Bertz CT molecular complexity index is 132. The summed E-state index contributed by atoms with van der Waals surface area (Å²) in [5.74, 6) is -0.922. The Labute approximate surface area is 74.5 Å². The van der Waals surface area contributed by atoms with Crippen molar-refractivity contribution < 1.29 is 9.90 Å². The summed E-state index contributed by atoms with van der Waals surface area (Å²) in [5, 5.41) is 8.46. The van der Waals surface area contributed by atoms with Gasteiger partial charge in [0.15, 0.2) is 0 Å². The third-order valence-corrected chi connectivity index (χ3v) is 1.79. The van der Waals surface area contributed by atoms with Crippen LogP contribution in [0.1, 0.15) is 19.8 Å². The minimum Gasteiger partial charge on any atom is -0.481 e. The number of carbonyl (C=O) groups is 1. The zero-order chi connectivity index (χ0) is 7.98. The zero-order valence-corrected chi connectivity index (χ0v) is 8.04. The lowest BCUT2D eigenvalue weighted by Gasteiger charge is -2.00. The van der Waals surface area contributed by atoms with Crippen molar-refractivity contribution in [2.45, 2.75) is 19.8 Å². The molecule has 0 spiro atoms. The molecular weight excluding hydrogens is 243 g/mol. The number of allylic oxidation sites excluding steroid dienone is 1. The number of carboxylic acids is 1. The molecule has 0 aromatic rings. The van der Waals surface area contributed by atoms with Gasteiger partial charge in [0.05, 0.1) is 5.92 Å². The summed E-state index contributed by atoms with van der Waals surface area (Å²) in [6.07, 6.45) is 3.56. The van der Waals surface area contributed by atoms with E-state index in [0.717, 1.165) is 12.8 Å². The first-order chi connectivity index (χ1) is 4.68. The van der Waals surface area contributed by atoms with Gasteiger partial charge in [-0.25, -0.2) is 0 Å². The highest BCUT2D eigenvalue weighted by Crippen LogP contribution is 2.06. The summed E-state index contributed by atoms with van der Waals surface area (Å²) in [5.41, 5.74) is 0. The second-order valence-electron chi connectivity index (χ2n) is 2.18. The third kappa shape index (κ3) is 4.78. The number of rotatable bonds is 4. The normalized spacial score (nSPS) is 13.8. The van der Waals surface area contributed by atoms with Gasteiger partial charge in [-0.15, -0.1) is 0 Å². The van der Waals surface area contributed by atoms with Crippen molar-refractivity contribution in [3.63, 3.8) is 0 Å². The minimum atomic E-state index is -0.707. The van der Waals surface area contributed by atoms with Crippen LogP contribution in [0.15, 0.2) is 10.2 Å². The molecule has 0 aliphatic carbocycles. The van der Waals surface area contributed by atoms with Crippen LogP contribution in [0.4, 0.5) is 0 Å². The van der Waals surface area contributed by atoms with E-state index in [9.17, 15) is 4.79 Å². The summed E-state index contributed by atoms with van der Waals surface area (Å²) in [6.45, 7) is 1.73. The van der Waals surface area contributed by atoms with Gasteiger partial charge < -0.3 is 5.11 Å². The van der Waals surface area contributed by atoms with Gasteiger partial charge in [0.25, 0.3) is 0 Å². The molecule has 0 aliphatic heterocycles. The van der Waals surface area contributed by atoms with Crippen LogP contribution in [0, 0.1) is 5.92 Å². The smallest absolute Gasteiger partial charge is 0.306 e. The van der Waals surface area contributed by atoms with Crippen molar-refractivity contribution in [2.75, 3.05) is 0 Å². The summed E-state index contributed by atoms with van der Waals surface area (Å²) >= 11 is 2.12. The quantitative estimate of drug-likeness (QED) is 0.782. The monoisotopic (exact) mass is 254 g/mol. The number of halogens is 1. The number of hydrogen-bond donors (Lipinski definition) is 1. The molecule has 1 atom stereocenters. The van der Waals surface area contributed by atoms with Crippen LogP contribution in [0.5, 0.6) is 0 Å². The second kappa shape index (κ2) is 5.70. The summed E-state index contributed by atoms with van der Waals surface area (Å²) in [4.78, 5) is 10.3. The Kier molecular flexibility index (Phi) is 5.67. The highest BCUT2D eigenvalue weighted by molar-refractivity contribution is 14.1. The molecule has 0 saturated heterocycles. The molecule has 0 rings (SSSR count). The lowest BCUT2D eigenvalue weighted by molar-refractivity contribution is -0.141. The fraction of sp³-hybridized carbons (Fsp3) is 0.571. The Hall–Kier alpha value is -0.0600. The molecule has 2 nitrogen and oxygen atoms in total. The lowest BCUT2D eigenvalue weighted by atomic mass is 10.1. The molecular formula is C7H11IO2. The van der Waals surface area contributed by atoms with E-state index in [4.69, 9.17) is 5.11 Å². The van der Waals surface area contributed by atoms with Gasteiger partial charge in [-0.3, -0.25) is 4.79 Å². The SMILES string of the molecule is C[C@H](CC/C=C/I)C(=O)O. The minimum absolute atomic E-state index is 0.215. The molecule has 10 heavy (non-hydrogen) atoms. The average Bonchev–Trinajstić information content (AvgIpc) is 1.88. The van der Waals surface area contributed by atoms with Crippen molar-refractivity contribution >= 4 is 28.6 Å². The van der Waals surface area contributed by atoms with Crippen molar-refractivity contribution in [2.24, 2.45) is 5.92 Å². The maximum Gasteiger partial charge on any atom is 0.306 e. The molecule has 0 aromatic carbocycles. The van der Waals surface area contributed by atoms with Crippen molar-refractivity contribution in [1.82, 2.24) is 0 Å². The topological polar surface area (TPSA) is 37.3 Å². The van der Waals surface area contributed by atoms with Gasteiger partial charge in [-0.05, 0) is 16.9 Å². The maximum atomic E-state index is 10.3. The van der Waals surface area contributed by atoms with E-state index in [2.05, 4.69) is 22.6 Å². The molecule has 0 unspecified atom stereocenters. The van der Waals surface area contributed by atoms with Crippen LogP contribution in [0.2, 0.25) is 0 Å². The van der Waals surface area contributed by atoms with Crippen LogP contribution >= 0.6 is 22.6 Å². The fourth-order valence-electron chi connectivity index (χ4n) is 0.533. The van der Waals surface area contributed by atoms with Gasteiger partial charge in [0.1, 0.15) is 0 Å². The van der Waals surface area contributed by atoms with Gasteiger partial charge in [0.2, 0.25) is 0 Å². The van der Waals surface area contributed by atoms with Crippen LogP contribution in [-0.4, -0.2) is 11.1 Å². The Morgan fingerprint density at radius 1 is 1.80 bits per heavy atom. The molecule has 0 aromatic heterocycles. The predicted octanol–water partition coefficient (Wildman–Crippen LogP) is 2.44. The highest BCUT2D eigenvalue weighted by atomic mass is 127.